The van der Waals surface area contributed by atoms with Crippen LogP contribution in [0.2, 0.25) is 0 Å². The average molecular weight is 667 g/mol. The van der Waals surface area contributed by atoms with Crippen molar-refractivity contribution < 1.29 is 38.6 Å². The first-order valence-electron chi connectivity index (χ1n) is 16.7. The van der Waals surface area contributed by atoms with Crippen LogP contribution < -0.4 is 28.4 Å². The van der Waals surface area contributed by atoms with Gasteiger partial charge in [-0.1, -0.05) is 12.1 Å². The maximum Gasteiger partial charge on any atom is 0.169 e. The van der Waals surface area contributed by atoms with Crippen LogP contribution in [0.4, 0.5) is 0 Å². The van der Waals surface area contributed by atoms with Crippen LogP contribution in [0.1, 0.15) is 45.5 Å². The number of benzene rings is 4. The van der Waals surface area contributed by atoms with Gasteiger partial charge in [0.15, 0.2) is 46.0 Å². The fraction of sp³-hybridized carbons (Fsp3) is 0.385. The van der Waals surface area contributed by atoms with E-state index in [2.05, 4.69) is 34.1 Å². The zero-order valence-corrected chi connectivity index (χ0v) is 28.8. The first-order valence-corrected chi connectivity index (χ1v) is 16.7. The van der Waals surface area contributed by atoms with E-state index in [0.717, 1.165) is 78.8 Å². The third kappa shape index (κ3) is 4.53. The summed E-state index contributed by atoms with van der Waals surface area (Å²) in [5.41, 5.74) is 10.1. The summed E-state index contributed by atoms with van der Waals surface area (Å²) < 4.78 is 34.8. The van der Waals surface area contributed by atoms with Crippen molar-refractivity contribution in [3.63, 3.8) is 0 Å². The minimum Gasteiger partial charge on any atom is -0.504 e. The molecule has 4 aromatic rings. The van der Waals surface area contributed by atoms with Crippen LogP contribution in [-0.2, 0) is 25.7 Å². The van der Waals surface area contributed by atoms with E-state index in [9.17, 15) is 10.2 Å². The molecule has 2 aliphatic carbocycles. The van der Waals surface area contributed by atoms with Gasteiger partial charge in [0.1, 0.15) is 0 Å². The zero-order valence-electron chi connectivity index (χ0n) is 28.8. The number of rotatable bonds is 8. The molecule has 0 amide bonds. The Morgan fingerprint density at radius 1 is 0.531 bits per heavy atom. The number of hydrogen-bond donors (Lipinski definition) is 2. The molecule has 2 heterocycles. The van der Waals surface area contributed by atoms with Crippen molar-refractivity contribution in [1.82, 2.24) is 9.80 Å². The molecule has 0 radical (unpaired) electrons. The first-order chi connectivity index (χ1) is 23.9. The van der Waals surface area contributed by atoms with Crippen LogP contribution in [0, 0.1) is 0 Å². The molecule has 10 nitrogen and oxygen atoms in total. The summed E-state index contributed by atoms with van der Waals surface area (Å²) >= 11 is 0. The van der Waals surface area contributed by atoms with Crippen molar-refractivity contribution in [2.24, 2.45) is 0 Å². The molecule has 0 bridgehead atoms. The van der Waals surface area contributed by atoms with Gasteiger partial charge < -0.3 is 38.6 Å². The molecule has 0 fully saturated rings. The molecule has 4 aliphatic rings. The summed E-state index contributed by atoms with van der Waals surface area (Å²) in [7, 11) is 9.77. The molecule has 256 valence electrons. The Bertz CT molecular complexity index is 1850. The summed E-state index contributed by atoms with van der Waals surface area (Å²) in [6.45, 7) is 2.48. The first kappa shape index (κ1) is 31.5. The van der Waals surface area contributed by atoms with Crippen molar-refractivity contribution in [3.8, 4) is 68.2 Å². The van der Waals surface area contributed by atoms with Gasteiger partial charge in [0.25, 0.3) is 0 Å². The summed E-state index contributed by atoms with van der Waals surface area (Å²) in [6, 6.07) is 12.1. The van der Waals surface area contributed by atoms with Crippen LogP contribution in [0.15, 0.2) is 36.4 Å². The highest BCUT2D eigenvalue weighted by atomic mass is 16.5. The Kier molecular flexibility index (Phi) is 7.68. The van der Waals surface area contributed by atoms with Crippen molar-refractivity contribution in [2.75, 3.05) is 62.4 Å². The molecular formula is C39H42N2O8. The van der Waals surface area contributed by atoms with Crippen LogP contribution in [0.5, 0.6) is 46.0 Å². The molecule has 2 aliphatic heterocycles. The van der Waals surface area contributed by atoms with Crippen LogP contribution in [-0.4, -0.2) is 82.4 Å². The fourth-order valence-electron chi connectivity index (χ4n) is 8.91. The monoisotopic (exact) mass is 666 g/mol. The molecule has 4 aromatic carbocycles. The highest BCUT2D eigenvalue weighted by molar-refractivity contribution is 5.89. The summed E-state index contributed by atoms with van der Waals surface area (Å²) in [5.74, 6) is 3.65. The summed E-state index contributed by atoms with van der Waals surface area (Å²) in [5, 5.41) is 23.0. The van der Waals surface area contributed by atoms with Gasteiger partial charge in [-0.2, -0.15) is 0 Å². The Morgan fingerprint density at radius 2 is 0.939 bits per heavy atom. The lowest BCUT2D eigenvalue weighted by molar-refractivity contribution is 0.0501. The molecule has 49 heavy (non-hydrogen) atoms. The van der Waals surface area contributed by atoms with E-state index in [1.54, 1.807) is 42.7 Å². The van der Waals surface area contributed by atoms with Crippen molar-refractivity contribution in [3.05, 3.63) is 69.8 Å². The molecule has 10 heteroatoms. The number of phenols is 2. The van der Waals surface area contributed by atoms with Gasteiger partial charge in [-0.25, -0.2) is 0 Å². The van der Waals surface area contributed by atoms with Crippen molar-refractivity contribution in [2.45, 2.75) is 37.8 Å². The van der Waals surface area contributed by atoms with Gasteiger partial charge in [0.05, 0.1) is 49.3 Å². The molecular weight excluding hydrogens is 624 g/mol. The average Bonchev–Trinajstić information content (AvgIpc) is 3.13. The topological polar surface area (TPSA) is 102 Å². The lowest BCUT2D eigenvalue weighted by Crippen LogP contribution is -2.49. The van der Waals surface area contributed by atoms with E-state index in [4.69, 9.17) is 28.4 Å². The number of nitrogens with zero attached hydrogens (tertiary/aromatic N) is 2. The number of ether oxygens (including phenoxy) is 6. The zero-order chi connectivity index (χ0) is 34.1. The number of aromatic hydroxyl groups is 2. The lowest BCUT2D eigenvalue weighted by atomic mass is 9.75. The number of methoxy groups -OCH3 is 6. The lowest BCUT2D eigenvalue weighted by Gasteiger charge is -2.48. The van der Waals surface area contributed by atoms with E-state index in [-0.39, 0.29) is 23.6 Å². The number of fused-ring (bicyclic) bond motifs is 4. The predicted molar refractivity (Wildman–Crippen MR) is 185 cm³/mol. The molecule has 0 saturated carbocycles. The largest absolute Gasteiger partial charge is 0.504 e. The molecule has 2 N–H and O–H groups in total. The van der Waals surface area contributed by atoms with Crippen molar-refractivity contribution >= 4 is 0 Å². The second kappa shape index (κ2) is 12.0. The molecule has 0 spiro atoms. The third-order valence-corrected chi connectivity index (χ3v) is 11.1. The Balaban J connectivity index is 1.23. The normalized spacial score (nSPS) is 18.8. The smallest absolute Gasteiger partial charge is 0.169 e. The molecule has 8 rings (SSSR count). The predicted octanol–water partition coefficient (Wildman–Crippen LogP) is 6.05. The highest BCUT2D eigenvalue weighted by Gasteiger charge is 2.43. The van der Waals surface area contributed by atoms with Crippen molar-refractivity contribution in [1.29, 1.82) is 0 Å². The molecule has 2 atom stereocenters. The highest BCUT2D eigenvalue weighted by Crippen LogP contribution is 2.58. The second-order valence-electron chi connectivity index (χ2n) is 13.1. The third-order valence-electron chi connectivity index (χ3n) is 11.1. The Morgan fingerprint density at radius 3 is 1.31 bits per heavy atom. The van der Waals surface area contributed by atoms with Gasteiger partial charge in [-0.3, -0.25) is 9.80 Å². The van der Waals surface area contributed by atoms with E-state index >= 15 is 0 Å². The van der Waals surface area contributed by atoms with E-state index in [1.165, 1.54) is 22.3 Å². The summed E-state index contributed by atoms with van der Waals surface area (Å²) in [4.78, 5) is 5.16. The maximum absolute atomic E-state index is 11.5. The number of phenolic OH excluding ortho intramolecular Hbond substituents is 2. The molecule has 0 saturated heterocycles. The van der Waals surface area contributed by atoms with E-state index in [1.807, 2.05) is 12.1 Å². The standard InChI is InChI=1S/C39H42N2O8/c1-44-26-9-7-20-15-24-30-22(17-28(46-3)38(48-5)34(30)32(20)36(26)42)11-13-40(24)19-41-14-12-23-18-29(47-4)39(49-6)35-31(23)25(41)16-21-8-10-27(45-2)37(43)33(21)35/h7-10,17-18,24-25,42-43H,11-16,19H2,1-6H3/t24-,25-/m0/s1. The van der Waals surface area contributed by atoms with Crippen LogP contribution >= 0.6 is 0 Å². The van der Waals surface area contributed by atoms with Gasteiger partial charge in [-0.05, 0) is 83.3 Å². The quantitative estimate of drug-likeness (QED) is 0.231. The Labute approximate surface area is 286 Å². The minimum absolute atomic E-state index is 0.0642. The molecule has 0 unspecified atom stereocenters. The van der Waals surface area contributed by atoms with Gasteiger partial charge in [0.2, 0.25) is 0 Å². The fourth-order valence-corrected chi connectivity index (χ4v) is 8.91. The van der Waals surface area contributed by atoms with E-state index in [0.29, 0.717) is 34.5 Å². The molecule has 0 aromatic heterocycles. The number of hydrogen-bond acceptors (Lipinski definition) is 10. The minimum atomic E-state index is 0.0642. The van der Waals surface area contributed by atoms with Crippen LogP contribution in [0.25, 0.3) is 22.3 Å². The van der Waals surface area contributed by atoms with Gasteiger partial charge >= 0.3 is 0 Å². The maximum atomic E-state index is 11.5. The van der Waals surface area contributed by atoms with Crippen LogP contribution in [0.3, 0.4) is 0 Å². The summed E-state index contributed by atoms with van der Waals surface area (Å²) in [6.07, 6.45) is 3.15. The van der Waals surface area contributed by atoms with Gasteiger partial charge in [0, 0.05) is 47.4 Å². The second-order valence-corrected chi connectivity index (χ2v) is 13.1. The van der Waals surface area contributed by atoms with E-state index < -0.39 is 0 Å². The Hall–Kier alpha value is -4.80. The van der Waals surface area contributed by atoms with Gasteiger partial charge in [-0.15, -0.1) is 0 Å². The SMILES string of the molecule is COc1ccc2c(c1O)-c1c(OC)c(OC)cc3c1[C@H](C2)N(CN1CCc2cc(OC)c(OC)c4c2[C@@H]1Cc1ccc(OC)c(O)c1-4)CC3.